The second kappa shape index (κ2) is 9.22. The summed E-state index contributed by atoms with van der Waals surface area (Å²) in [6.45, 7) is 10.8. The van der Waals surface area contributed by atoms with Crippen LogP contribution in [0, 0.1) is 11.8 Å². The molecule has 0 atom stereocenters. The van der Waals surface area contributed by atoms with E-state index in [1.54, 1.807) is 0 Å². The third-order valence-corrected chi connectivity index (χ3v) is 4.48. The first-order valence-electron chi connectivity index (χ1n) is 8.71. The van der Waals surface area contributed by atoms with Crippen molar-refractivity contribution in [3.05, 3.63) is 35.9 Å². The van der Waals surface area contributed by atoms with Gasteiger partial charge < -0.3 is 10.2 Å². The Morgan fingerprint density at radius 3 is 2.52 bits per heavy atom. The molecule has 0 bridgehead atoms. The molecule has 0 unspecified atom stereocenters. The number of nitrogens with zero attached hydrogens (tertiary/aromatic N) is 1. The molecule has 2 nitrogen and oxygen atoms in total. The summed E-state index contributed by atoms with van der Waals surface area (Å²) in [4.78, 5) is 2.65. The number of nitrogens with one attached hydrogen (secondary N) is 1. The topological polar surface area (TPSA) is 15.3 Å². The molecule has 1 aliphatic heterocycles. The van der Waals surface area contributed by atoms with Gasteiger partial charge in [0, 0.05) is 0 Å². The molecule has 1 aromatic carbocycles. The molecule has 1 fully saturated rings. The summed E-state index contributed by atoms with van der Waals surface area (Å²) < 4.78 is 0. The van der Waals surface area contributed by atoms with Gasteiger partial charge in [0.2, 0.25) is 0 Å². The lowest BCUT2D eigenvalue weighted by molar-refractivity contribution is 0.180. The summed E-state index contributed by atoms with van der Waals surface area (Å²) in [5.74, 6) is 1.66. The van der Waals surface area contributed by atoms with Crippen LogP contribution in [0.15, 0.2) is 30.3 Å². The van der Waals surface area contributed by atoms with Crippen LogP contribution in [-0.4, -0.2) is 37.6 Å². The second-order valence-corrected chi connectivity index (χ2v) is 6.93. The fourth-order valence-corrected chi connectivity index (χ4v) is 3.14. The number of benzene rings is 1. The SMILES string of the molecule is CC(C)CNCC1CCN(CCCc2ccccc2)CC1. The minimum atomic E-state index is 0.767. The van der Waals surface area contributed by atoms with Gasteiger partial charge in [-0.1, -0.05) is 44.2 Å². The molecule has 0 radical (unpaired) electrons. The zero-order valence-electron chi connectivity index (χ0n) is 13.9. The quantitative estimate of drug-likeness (QED) is 0.786. The van der Waals surface area contributed by atoms with E-state index in [1.807, 2.05) is 0 Å². The molecule has 1 N–H and O–H groups in total. The first-order chi connectivity index (χ1) is 10.2. The summed E-state index contributed by atoms with van der Waals surface area (Å²) in [7, 11) is 0. The van der Waals surface area contributed by atoms with E-state index in [2.05, 4.69) is 54.4 Å². The van der Waals surface area contributed by atoms with Crippen molar-refractivity contribution in [3.8, 4) is 0 Å². The summed E-state index contributed by atoms with van der Waals surface area (Å²) in [6.07, 6.45) is 5.25. The highest BCUT2D eigenvalue weighted by Crippen LogP contribution is 2.17. The third kappa shape index (κ3) is 6.62. The number of hydrogen-bond donors (Lipinski definition) is 1. The highest BCUT2D eigenvalue weighted by Gasteiger charge is 2.18. The predicted octanol–water partition coefficient (Wildman–Crippen LogP) is 3.58. The monoisotopic (exact) mass is 288 g/mol. The van der Waals surface area contributed by atoms with Crippen molar-refractivity contribution in [2.75, 3.05) is 32.7 Å². The normalized spacial score (nSPS) is 17.5. The van der Waals surface area contributed by atoms with Gasteiger partial charge in [-0.05, 0) is 75.8 Å². The largest absolute Gasteiger partial charge is 0.316 e. The number of piperidine rings is 1. The number of aryl methyl sites for hydroxylation is 1. The van der Waals surface area contributed by atoms with Gasteiger partial charge in [-0.3, -0.25) is 0 Å². The molecule has 0 spiro atoms. The molecule has 1 heterocycles. The van der Waals surface area contributed by atoms with Crippen LogP contribution in [0.25, 0.3) is 0 Å². The van der Waals surface area contributed by atoms with Crippen molar-refractivity contribution >= 4 is 0 Å². The van der Waals surface area contributed by atoms with Crippen LogP contribution in [0.2, 0.25) is 0 Å². The molecule has 0 aliphatic carbocycles. The van der Waals surface area contributed by atoms with E-state index in [1.165, 1.54) is 57.4 Å². The fourth-order valence-electron chi connectivity index (χ4n) is 3.14. The lowest BCUT2D eigenvalue weighted by Crippen LogP contribution is -2.38. The molecule has 21 heavy (non-hydrogen) atoms. The molecule has 0 amide bonds. The van der Waals surface area contributed by atoms with E-state index in [9.17, 15) is 0 Å². The molecule has 2 rings (SSSR count). The summed E-state index contributed by atoms with van der Waals surface area (Å²) >= 11 is 0. The molecule has 0 aromatic heterocycles. The Hall–Kier alpha value is -0.860. The maximum atomic E-state index is 3.62. The van der Waals surface area contributed by atoms with E-state index in [0.717, 1.165) is 18.4 Å². The van der Waals surface area contributed by atoms with Crippen LogP contribution in [0.1, 0.15) is 38.7 Å². The average molecular weight is 288 g/mol. The molecule has 118 valence electrons. The number of hydrogen-bond acceptors (Lipinski definition) is 2. The van der Waals surface area contributed by atoms with Crippen molar-refractivity contribution in [2.45, 2.75) is 39.5 Å². The maximum Gasteiger partial charge on any atom is -0.00156 e. The Morgan fingerprint density at radius 1 is 1.14 bits per heavy atom. The van der Waals surface area contributed by atoms with Crippen LogP contribution in [0.5, 0.6) is 0 Å². The Bertz CT molecular complexity index is 366. The van der Waals surface area contributed by atoms with Gasteiger partial charge in [-0.25, -0.2) is 0 Å². The van der Waals surface area contributed by atoms with Crippen LogP contribution in [0.4, 0.5) is 0 Å². The summed E-state index contributed by atoms with van der Waals surface area (Å²) in [5.41, 5.74) is 1.48. The van der Waals surface area contributed by atoms with E-state index in [4.69, 9.17) is 0 Å². The predicted molar refractivity (Wildman–Crippen MR) is 91.6 cm³/mol. The van der Waals surface area contributed by atoms with E-state index >= 15 is 0 Å². The lowest BCUT2D eigenvalue weighted by atomic mass is 9.96. The molecule has 1 aromatic rings. The van der Waals surface area contributed by atoms with E-state index in [0.29, 0.717) is 0 Å². The van der Waals surface area contributed by atoms with E-state index < -0.39 is 0 Å². The zero-order valence-corrected chi connectivity index (χ0v) is 13.9. The summed E-state index contributed by atoms with van der Waals surface area (Å²) in [6, 6.07) is 10.9. The summed E-state index contributed by atoms with van der Waals surface area (Å²) in [5, 5.41) is 3.62. The van der Waals surface area contributed by atoms with Gasteiger partial charge in [0.1, 0.15) is 0 Å². The average Bonchev–Trinajstić information content (AvgIpc) is 2.50. The third-order valence-electron chi connectivity index (χ3n) is 4.48. The standard InChI is InChI=1S/C19H32N2/c1-17(2)15-20-16-19-10-13-21(14-11-19)12-6-9-18-7-4-3-5-8-18/h3-5,7-8,17,19-20H,6,9-16H2,1-2H3. The Balaban J connectivity index is 1.55. The minimum Gasteiger partial charge on any atom is -0.316 e. The number of likely N-dealkylation sites (tertiary alicyclic amines) is 1. The Labute approximate surface area is 130 Å². The Kier molecular flexibility index (Phi) is 7.25. The van der Waals surface area contributed by atoms with Gasteiger partial charge in [-0.15, -0.1) is 0 Å². The van der Waals surface area contributed by atoms with Crippen LogP contribution in [-0.2, 0) is 6.42 Å². The van der Waals surface area contributed by atoms with Gasteiger partial charge in [0.15, 0.2) is 0 Å². The highest BCUT2D eigenvalue weighted by molar-refractivity contribution is 5.14. The lowest BCUT2D eigenvalue weighted by Gasteiger charge is -2.32. The first-order valence-corrected chi connectivity index (χ1v) is 8.71. The second-order valence-electron chi connectivity index (χ2n) is 6.93. The molecular weight excluding hydrogens is 256 g/mol. The van der Waals surface area contributed by atoms with Crippen molar-refractivity contribution in [2.24, 2.45) is 11.8 Å². The van der Waals surface area contributed by atoms with Crippen LogP contribution >= 0.6 is 0 Å². The molecular formula is C19H32N2. The minimum absolute atomic E-state index is 0.767. The van der Waals surface area contributed by atoms with Crippen LogP contribution in [0.3, 0.4) is 0 Å². The van der Waals surface area contributed by atoms with Crippen molar-refractivity contribution < 1.29 is 0 Å². The van der Waals surface area contributed by atoms with Crippen molar-refractivity contribution in [1.29, 1.82) is 0 Å². The van der Waals surface area contributed by atoms with Gasteiger partial charge in [-0.2, -0.15) is 0 Å². The maximum absolute atomic E-state index is 3.62. The van der Waals surface area contributed by atoms with Crippen LogP contribution < -0.4 is 5.32 Å². The fraction of sp³-hybridized carbons (Fsp3) is 0.684. The smallest absolute Gasteiger partial charge is 0.00156 e. The van der Waals surface area contributed by atoms with Gasteiger partial charge in [0.05, 0.1) is 0 Å². The molecule has 0 saturated carbocycles. The molecule has 1 aliphatic rings. The Morgan fingerprint density at radius 2 is 1.86 bits per heavy atom. The zero-order chi connectivity index (χ0) is 14.9. The van der Waals surface area contributed by atoms with E-state index in [-0.39, 0.29) is 0 Å². The first kappa shape index (κ1) is 16.5. The molecule has 2 heteroatoms. The van der Waals surface area contributed by atoms with Crippen molar-refractivity contribution in [3.63, 3.8) is 0 Å². The number of rotatable bonds is 8. The highest BCUT2D eigenvalue weighted by atomic mass is 15.1. The van der Waals surface area contributed by atoms with Gasteiger partial charge in [0.25, 0.3) is 0 Å². The molecule has 1 saturated heterocycles. The van der Waals surface area contributed by atoms with Crippen molar-refractivity contribution in [1.82, 2.24) is 10.2 Å². The van der Waals surface area contributed by atoms with Gasteiger partial charge >= 0.3 is 0 Å².